The first kappa shape index (κ1) is 8.67. The van der Waals surface area contributed by atoms with E-state index in [9.17, 15) is 9.59 Å². The van der Waals surface area contributed by atoms with Gasteiger partial charge in [0.25, 0.3) is 0 Å². The highest BCUT2D eigenvalue weighted by Crippen LogP contribution is 2.36. The second-order valence-electron chi connectivity index (χ2n) is 3.92. The van der Waals surface area contributed by atoms with Gasteiger partial charge in [-0.3, -0.25) is 4.79 Å². The van der Waals surface area contributed by atoms with Gasteiger partial charge in [0.1, 0.15) is 6.29 Å². The molecule has 0 N–H and O–H groups in total. The molecule has 2 heteroatoms. The third-order valence-corrected chi connectivity index (χ3v) is 3.13. The highest BCUT2D eigenvalue weighted by molar-refractivity contribution is 5.97. The Labute approximate surface area is 78.0 Å². The van der Waals surface area contributed by atoms with Crippen LogP contribution in [-0.4, -0.2) is 12.1 Å². The number of hydrogen-bond acceptors (Lipinski definition) is 2. The van der Waals surface area contributed by atoms with Gasteiger partial charge < -0.3 is 4.79 Å². The lowest BCUT2D eigenvalue weighted by Crippen LogP contribution is -2.21. The van der Waals surface area contributed by atoms with E-state index >= 15 is 0 Å². The van der Waals surface area contributed by atoms with Crippen LogP contribution in [0, 0.1) is 5.92 Å². The molecule has 0 aromatic rings. The van der Waals surface area contributed by atoms with Crippen LogP contribution < -0.4 is 0 Å². The van der Waals surface area contributed by atoms with Gasteiger partial charge in [-0.2, -0.15) is 0 Å². The summed E-state index contributed by atoms with van der Waals surface area (Å²) in [6.07, 6.45) is 6.52. The second kappa shape index (κ2) is 3.44. The summed E-state index contributed by atoms with van der Waals surface area (Å²) in [6.45, 7) is 0. The van der Waals surface area contributed by atoms with Crippen LogP contribution in [0.25, 0.3) is 0 Å². The maximum absolute atomic E-state index is 11.5. The van der Waals surface area contributed by atoms with E-state index in [4.69, 9.17) is 0 Å². The zero-order valence-corrected chi connectivity index (χ0v) is 7.71. The molecule has 0 saturated carbocycles. The molecule has 0 fully saturated rings. The largest absolute Gasteiger partial charge is 0.303 e. The molecule has 0 amide bonds. The fourth-order valence-corrected chi connectivity index (χ4v) is 2.45. The lowest BCUT2D eigenvalue weighted by Gasteiger charge is -2.27. The zero-order valence-electron chi connectivity index (χ0n) is 7.71. The Morgan fingerprint density at radius 1 is 1.15 bits per heavy atom. The van der Waals surface area contributed by atoms with Gasteiger partial charge in [-0.05, 0) is 37.7 Å². The molecule has 0 heterocycles. The quantitative estimate of drug-likeness (QED) is 0.576. The van der Waals surface area contributed by atoms with Crippen molar-refractivity contribution in [1.29, 1.82) is 0 Å². The minimum atomic E-state index is 0.0630. The van der Waals surface area contributed by atoms with Crippen LogP contribution in [0.5, 0.6) is 0 Å². The molecular formula is C11H14O2. The number of hydrogen-bond donors (Lipinski definition) is 0. The molecule has 2 aliphatic carbocycles. The van der Waals surface area contributed by atoms with E-state index in [1.807, 2.05) is 0 Å². The Bertz CT molecular complexity index is 276. The monoisotopic (exact) mass is 178 g/mol. The topological polar surface area (TPSA) is 34.1 Å². The predicted octanol–water partition coefficient (Wildman–Crippen LogP) is 2.04. The molecule has 0 saturated heterocycles. The van der Waals surface area contributed by atoms with Gasteiger partial charge in [0.15, 0.2) is 5.78 Å². The number of carbonyl (C=O) groups excluding carboxylic acids is 2. The number of aldehydes is 1. The molecule has 2 nitrogen and oxygen atoms in total. The van der Waals surface area contributed by atoms with Crippen molar-refractivity contribution in [2.75, 3.05) is 0 Å². The molecular weight excluding hydrogens is 164 g/mol. The van der Waals surface area contributed by atoms with Gasteiger partial charge in [0.05, 0.1) is 0 Å². The highest BCUT2D eigenvalue weighted by atomic mass is 16.1. The first-order valence-corrected chi connectivity index (χ1v) is 5.03. The average molecular weight is 178 g/mol. The van der Waals surface area contributed by atoms with Crippen LogP contribution in [0.4, 0.5) is 0 Å². The summed E-state index contributed by atoms with van der Waals surface area (Å²) >= 11 is 0. The van der Waals surface area contributed by atoms with Gasteiger partial charge >= 0.3 is 0 Å². The summed E-state index contributed by atoms with van der Waals surface area (Å²) < 4.78 is 0. The molecule has 1 atom stereocenters. The molecule has 0 radical (unpaired) electrons. The van der Waals surface area contributed by atoms with Crippen LogP contribution in [0.2, 0.25) is 0 Å². The van der Waals surface area contributed by atoms with Crippen molar-refractivity contribution < 1.29 is 9.59 Å². The number of Topliss-reactive ketones (excluding diaryl/α,β-unsaturated/α-hetero) is 1. The number of carbonyl (C=O) groups is 2. The van der Waals surface area contributed by atoms with Gasteiger partial charge in [0.2, 0.25) is 0 Å². The van der Waals surface area contributed by atoms with Crippen molar-refractivity contribution in [3.63, 3.8) is 0 Å². The molecule has 0 aliphatic heterocycles. The minimum absolute atomic E-state index is 0.0630. The van der Waals surface area contributed by atoms with Gasteiger partial charge in [0, 0.05) is 12.3 Å². The standard InChI is InChI=1S/C11H14O2/c12-7-8-3-1-5-10-9(8)4-2-6-11(10)13/h7-8H,1-6H2. The normalized spacial score (nSPS) is 28.6. The van der Waals surface area contributed by atoms with E-state index in [1.54, 1.807) is 0 Å². The third-order valence-electron chi connectivity index (χ3n) is 3.13. The van der Waals surface area contributed by atoms with Crippen molar-refractivity contribution in [3.8, 4) is 0 Å². The van der Waals surface area contributed by atoms with Crippen LogP contribution in [0.15, 0.2) is 11.1 Å². The van der Waals surface area contributed by atoms with Crippen LogP contribution in [-0.2, 0) is 9.59 Å². The van der Waals surface area contributed by atoms with E-state index in [2.05, 4.69) is 0 Å². The average Bonchev–Trinajstić information content (AvgIpc) is 2.18. The molecule has 0 aromatic carbocycles. The maximum Gasteiger partial charge on any atom is 0.158 e. The molecule has 1 unspecified atom stereocenters. The summed E-state index contributed by atoms with van der Waals surface area (Å²) in [7, 11) is 0. The minimum Gasteiger partial charge on any atom is -0.303 e. The fraction of sp³-hybridized carbons (Fsp3) is 0.636. The van der Waals surface area contributed by atoms with E-state index < -0.39 is 0 Å². The highest BCUT2D eigenvalue weighted by Gasteiger charge is 2.28. The maximum atomic E-state index is 11.5. The van der Waals surface area contributed by atoms with Crippen molar-refractivity contribution >= 4 is 12.1 Å². The Morgan fingerprint density at radius 2 is 2.00 bits per heavy atom. The zero-order chi connectivity index (χ0) is 9.26. The molecule has 2 aliphatic rings. The Morgan fingerprint density at radius 3 is 2.77 bits per heavy atom. The Balaban J connectivity index is 2.34. The molecule has 0 spiro atoms. The lowest BCUT2D eigenvalue weighted by molar-refractivity contribution is -0.116. The van der Waals surface area contributed by atoms with E-state index in [-0.39, 0.29) is 5.92 Å². The van der Waals surface area contributed by atoms with Gasteiger partial charge in [-0.15, -0.1) is 0 Å². The van der Waals surface area contributed by atoms with Crippen LogP contribution >= 0.6 is 0 Å². The fourth-order valence-electron chi connectivity index (χ4n) is 2.45. The molecule has 13 heavy (non-hydrogen) atoms. The summed E-state index contributed by atoms with van der Waals surface area (Å²) in [6, 6.07) is 0. The first-order valence-electron chi connectivity index (χ1n) is 5.03. The van der Waals surface area contributed by atoms with Crippen molar-refractivity contribution in [2.45, 2.75) is 38.5 Å². The smallest absolute Gasteiger partial charge is 0.158 e. The molecule has 0 aromatic heterocycles. The van der Waals surface area contributed by atoms with Crippen LogP contribution in [0.1, 0.15) is 38.5 Å². The molecule has 70 valence electrons. The van der Waals surface area contributed by atoms with Crippen molar-refractivity contribution in [2.24, 2.45) is 5.92 Å². The number of allylic oxidation sites excluding steroid dienone is 2. The molecule has 0 bridgehead atoms. The number of rotatable bonds is 1. The summed E-state index contributed by atoms with van der Waals surface area (Å²) in [5.41, 5.74) is 2.16. The van der Waals surface area contributed by atoms with Crippen LogP contribution in [0.3, 0.4) is 0 Å². The van der Waals surface area contributed by atoms with E-state index in [0.717, 1.165) is 49.5 Å². The summed E-state index contributed by atoms with van der Waals surface area (Å²) in [5.74, 6) is 0.362. The lowest BCUT2D eigenvalue weighted by atomic mass is 9.76. The first-order chi connectivity index (χ1) is 6.33. The predicted molar refractivity (Wildman–Crippen MR) is 49.3 cm³/mol. The molecule has 2 rings (SSSR count). The second-order valence-corrected chi connectivity index (χ2v) is 3.92. The van der Waals surface area contributed by atoms with E-state index in [0.29, 0.717) is 12.2 Å². The number of ketones is 1. The van der Waals surface area contributed by atoms with Gasteiger partial charge in [-0.1, -0.05) is 5.57 Å². The van der Waals surface area contributed by atoms with Gasteiger partial charge in [-0.25, -0.2) is 0 Å². The van der Waals surface area contributed by atoms with Crippen molar-refractivity contribution in [1.82, 2.24) is 0 Å². The summed E-state index contributed by atoms with van der Waals surface area (Å²) in [5, 5.41) is 0. The Hall–Kier alpha value is -0.920. The Kier molecular flexibility index (Phi) is 2.30. The van der Waals surface area contributed by atoms with Crippen molar-refractivity contribution in [3.05, 3.63) is 11.1 Å². The third kappa shape index (κ3) is 1.45. The van der Waals surface area contributed by atoms with E-state index in [1.165, 1.54) is 0 Å². The SMILES string of the molecule is O=CC1CCCC2=C1CCCC2=O. The summed E-state index contributed by atoms with van der Waals surface area (Å²) in [4.78, 5) is 22.3.